The van der Waals surface area contributed by atoms with Crippen molar-refractivity contribution >= 4 is 15.6 Å². The number of aliphatic hydroxyl groups excluding tert-OH is 1. The number of allylic oxidation sites excluding steroid dienone is 6. The summed E-state index contributed by atoms with van der Waals surface area (Å²) >= 11 is 0. The van der Waals surface area contributed by atoms with E-state index in [1.165, 1.54) is 30.3 Å². The van der Waals surface area contributed by atoms with Gasteiger partial charge in [0.2, 0.25) is 0 Å². The van der Waals surface area contributed by atoms with Crippen LogP contribution in [0.2, 0.25) is 0 Å². The molecular weight excluding hydrogens is 620 g/mol. The number of carbonyl (C=O) groups excluding carboxylic acids is 1. The van der Waals surface area contributed by atoms with Crippen molar-refractivity contribution in [1.82, 2.24) is 4.98 Å². The van der Waals surface area contributed by atoms with E-state index < -0.39 is 50.3 Å². The van der Waals surface area contributed by atoms with Crippen LogP contribution in [0.3, 0.4) is 0 Å². The number of ketones is 1. The van der Waals surface area contributed by atoms with Crippen molar-refractivity contribution < 1.29 is 44.7 Å². The zero-order valence-electron chi connectivity index (χ0n) is 25.3. The van der Waals surface area contributed by atoms with Gasteiger partial charge in [-0.1, -0.05) is 61.9 Å². The Bertz CT molecular complexity index is 1560. The Morgan fingerprint density at radius 2 is 1.76 bits per heavy atom. The van der Waals surface area contributed by atoms with Gasteiger partial charge in [-0.15, -0.1) is 0 Å². The van der Waals surface area contributed by atoms with E-state index in [1.807, 2.05) is 6.08 Å². The molecule has 5 nitrogen and oxygen atoms in total. The van der Waals surface area contributed by atoms with E-state index >= 15 is 0 Å². The molecule has 0 saturated carbocycles. The first kappa shape index (κ1) is 36.2. The fraction of sp³-hybridized carbons (Fsp3) is 0.455. The van der Waals surface area contributed by atoms with Crippen molar-refractivity contribution in [3.63, 3.8) is 0 Å². The lowest BCUT2D eigenvalue weighted by Gasteiger charge is -2.25. The second-order valence-corrected chi connectivity index (χ2v) is 13.7. The molecule has 1 aromatic carbocycles. The van der Waals surface area contributed by atoms with Crippen LogP contribution >= 0.6 is 0 Å². The predicted octanol–water partition coefficient (Wildman–Crippen LogP) is 8.63. The number of benzene rings is 1. The molecule has 1 aliphatic rings. The summed E-state index contributed by atoms with van der Waals surface area (Å²) in [4.78, 5) is 17.8. The maximum absolute atomic E-state index is 13.8. The maximum Gasteiger partial charge on any atom is 0.417 e. The minimum absolute atomic E-state index is 0.00944. The third-order valence-corrected chi connectivity index (χ3v) is 9.35. The summed E-state index contributed by atoms with van der Waals surface area (Å²) in [7, 11) is -3.92. The molecule has 0 spiro atoms. The third kappa shape index (κ3) is 9.87. The van der Waals surface area contributed by atoms with Crippen LogP contribution in [0.4, 0.5) is 26.3 Å². The quantitative estimate of drug-likeness (QED) is 0.183. The van der Waals surface area contributed by atoms with Crippen LogP contribution in [-0.4, -0.2) is 43.3 Å². The lowest BCUT2D eigenvalue weighted by Crippen LogP contribution is -2.23. The van der Waals surface area contributed by atoms with Crippen molar-refractivity contribution in [1.29, 1.82) is 0 Å². The zero-order valence-corrected chi connectivity index (χ0v) is 26.1. The Kier molecular flexibility index (Phi) is 12.0. The first-order valence-electron chi connectivity index (χ1n) is 14.6. The number of Topliss-reactive ketones (excluding diaryl/α,β-unsaturated/α-hetero) is 1. The molecule has 45 heavy (non-hydrogen) atoms. The van der Waals surface area contributed by atoms with Crippen LogP contribution < -0.4 is 0 Å². The Labute approximate surface area is 259 Å². The van der Waals surface area contributed by atoms with Gasteiger partial charge in [0.25, 0.3) is 0 Å². The van der Waals surface area contributed by atoms with Crippen LogP contribution in [0.5, 0.6) is 0 Å². The molecule has 0 saturated heterocycles. The highest BCUT2D eigenvalue weighted by Crippen LogP contribution is 2.40. The van der Waals surface area contributed by atoms with E-state index in [0.29, 0.717) is 5.57 Å². The number of halogens is 6. The number of pyridine rings is 1. The fourth-order valence-corrected chi connectivity index (χ4v) is 7.22. The number of carbonyl (C=O) groups is 1. The normalized spacial score (nSPS) is 17.6. The second kappa shape index (κ2) is 14.9. The summed E-state index contributed by atoms with van der Waals surface area (Å²) in [5.41, 5.74) is -1.53. The highest BCUT2D eigenvalue weighted by Gasteiger charge is 2.36. The topological polar surface area (TPSA) is 84.3 Å². The van der Waals surface area contributed by atoms with Gasteiger partial charge in [-0.2, -0.15) is 26.3 Å². The summed E-state index contributed by atoms with van der Waals surface area (Å²) in [6.45, 7) is 3.21. The average molecular weight is 658 g/mol. The Morgan fingerprint density at radius 3 is 2.38 bits per heavy atom. The summed E-state index contributed by atoms with van der Waals surface area (Å²) in [6.07, 6.45) is -0.652. The lowest BCUT2D eigenvalue weighted by atomic mass is 9.90. The minimum atomic E-state index is -4.70. The fourth-order valence-electron chi connectivity index (χ4n) is 5.60. The van der Waals surface area contributed by atoms with E-state index in [4.69, 9.17) is 0 Å². The number of aromatic nitrogens is 1. The molecule has 3 unspecified atom stereocenters. The molecule has 0 radical (unpaired) electrons. The molecular formula is C33H37F6NO4S. The Morgan fingerprint density at radius 1 is 1.07 bits per heavy atom. The number of sulfone groups is 1. The van der Waals surface area contributed by atoms with Crippen LogP contribution in [0.1, 0.15) is 79.2 Å². The molecule has 1 N–H and O–H groups in total. The monoisotopic (exact) mass is 657 g/mol. The molecule has 1 aliphatic carbocycles. The summed E-state index contributed by atoms with van der Waals surface area (Å²) in [6, 6.07) is 6.06. The van der Waals surface area contributed by atoms with E-state index in [1.54, 1.807) is 13.8 Å². The highest BCUT2D eigenvalue weighted by molar-refractivity contribution is 7.90. The summed E-state index contributed by atoms with van der Waals surface area (Å²) in [5, 5.41) is 8.04. The van der Waals surface area contributed by atoms with Crippen molar-refractivity contribution in [3.05, 3.63) is 88.8 Å². The van der Waals surface area contributed by atoms with Gasteiger partial charge >= 0.3 is 12.4 Å². The molecule has 0 amide bonds. The van der Waals surface area contributed by atoms with Crippen LogP contribution in [0.25, 0.3) is 11.1 Å². The van der Waals surface area contributed by atoms with E-state index in [-0.39, 0.29) is 73.4 Å². The molecule has 1 aromatic heterocycles. The second-order valence-electron chi connectivity index (χ2n) is 11.5. The molecule has 12 heteroatoms. The van der Waals surface area contributed by atoms with E-state index in [9.17, 15) is 44.7 Å². The Balaban J connectivity index is 2.00. The standard InChI is InChI=1S/C33H37F6NO4S/c1-21-13-15-25(32(34,35)36)16-14-23(18-21)9-6-12-29(42)30-27(31(45(3,43)44)22(2)8-7-17-41)19-24(20-40-30)26-10-4-5-11-28(26)33(37,38)39/h4-5,10-11,14-16,18-22,31,41H,6-9,12-13,17H2,1-3H3. The van der Waals surface area contributed by atoms with Gasteiger partial charge in [-0.3, -0.25) is 9.78 Å². The molecule has 1 heterocycles. The smallest absolute Gasteiger partial charge is 0.396 e. The SMILES string of the molecule is CC1C=C(CCCC(=O)c2ncc(-c3ccccc3C(F)(F)F)cc2C(C(C)CCCO)S(C)(=O)=O)C=CC(C(F)(F)F)=CC1. The third-order valence-electron chi connectivity index (χ3n) is 7.71. The van der Waals surface area contributed by atoms with Crippen LogP contribution in [0, 0.1) is 11.8 Å². The molecule has 246 valence electrons. The molecule has 0 aliphatic heterocycles. The first-order valence-corrected chi connectivity index (χ1v) is 16.5. The zero-order chi connectivity index (χ0) is 33.6. The number of rotatable bonds is 12. The van der Waals surface area contributed by atoms with Gasteiger partial charge in [0.15, 0.2) is 15.6 Å². The summed E-state index contributed by atoms with van der Waals surface area (Å²) in [5.74, 6) is -1.33. The lowest BCUT2D eigenvalue weighted by molar-refractivity contribution is -0.137. The van der Waals surface area contributed by atoms with E-state index in [0.717, 1.165) is 30.7 Å². The number of alkyl halides is 6. The summed E-state index contributed by atoms with van der Waals surface area (Å²) < 4.78 is 108. The molecule has 3 rings (SSSR count). The van der Waals surface area contributed by atoms with Crippen molar-refractivity contribution in [2.24, 2.45) is 11.8 Å². The van der Waals surface area contributed by atoms with Gasteiger partial charge < -0.3 is 5.11 Å². The van der Waals surface area contributed by atoms with Crippen LogP contribution in [-0.2, 0) is 16.0 Å². The number of nitrogens with zero attached hydrogens (tertiary/aromatic N) is 1. The Hall–Kier alpha value is -3.25. The number of hydrogen-bond acceptors (Lipinski definition) is 5. The minimum Gasteiger partial charge on any atom is -0.396 e. The van der Waals surface area contributed by atoms with Gasteiger partial charge in [0, 0.05) is 36.6 Å². The van der Waals surface area contributed by atoms with Gasteiger partial charge in [-0.25, -0.2) is 8.42 Å². The number of hydrogen-bond donors (Lipinski definition) is 1. The average Bonchev–Trinajstić information content (AvgIpc) is 2.92. The molecule has 0 fully saturated rings. The van der Waals surface area contributed by atoms with Crippen molar-refractivity contribution in [3.8, 4) is 11.1 Å². The largest absolute Gasteiger partial charge is 0.417 e. The van der Waals surface area contributed by atoms with Gasteiger partial charge in [-0.05, 0) is 61.6 Å². The van der Waals surface area contributed by atoms with E-state index in [2.05, 4.69) is 4.98 Å². The van der Waals surface area contributed by atoms with Crippen LogP contribution in [0.15, 0.2) is 72.0 Å². The molecule has 0 bridgehead atoms. The maximum atomic E-state index is 13.8. The highest BCUT2D eigenvalue weighted by atomic mass is 32.2. The first-order chi connectivity index (χ1) is 20.9. The van der Waals surface area contributed by atoms with Gasteiger partial charge in [0.1, 0.15) is 5.69 Å². The molecule has 2 aromatic rings. The van der Waals surface area contributed by atoms with Crippen molar-refractivity contribution in [2.45, 2.75) is 70.0 Å². The predicted molar refractivity (Wildman–Crippen MR) is 161 cm³/mol. The number of aliphatic hydroxyl groups is 1. The molecule has 3 atom stereocenters. The van der Waals surface area contributed by atoms with Gasteiger partial charge in [0.05, 0.1) is 16.4 Å². The van der Waals surface area contributed by atoms with Crippen molar-refractivity contribution in [2.75, 3.05) is 12.9 Å².